The normalized spacial score (nSPS) is 25.7. The first-order valence-electron chi connectivity index (χ1n) is 13.4. The molecule has 2 aliphatic heterocycles. The van der Waals surface area contributed by atoms with Crippen LogP contribution in [-0.2, 0) is 17.7 Å². The number of hydrogen-bond donors (Lipinski definition) is 2. The van der Waals surface area contributed by atoms with Gasteiger partial charge in [0, 0.05) is 55.1 Å². The van der Waals surface area contributed by atoms with E-state index in [-0.39, 0.29) is 12.1 Å². The number of benzene rings is 1. The molecule has 1 aromatic carbocycles. The molecule has 3 atom stereocenters. The smallest absolute Gasteiger partial charge is 0.317 e. The Hall–Kier alpha value is -2.35. The van der Waals surface area contributed by atoms with Gasteiger partial charge in [-0.05, 0) is 43.9 Å². The summed E-state index contributed by atoms with van der Waals surface area (Å²) in [5.74, 6) is 0.402. The summed E-state index contributed by atoms with van der Waals surface area (Å²) >= 11 is 0. The maximum absolute atomic E-state index is 12.9. The first-order chi connectivity index (χ1) is 17.0. The molecule has 5 rings (SSSR count). The van der Waals surface area contributed by atoms with Crippen molar-refractivity contribution >= 4 is 16.9 Å². The molecule has 3 heterocycles. The number of likely N-dealkylation sites (tertiary alicyclic amines) is 1. The minimum atomic E-state index is 0.0538. The summed E-state index contributed by atoms with van der Waals surface area (Å²) < 4.78 is 6.68. The lowest BCUT2D eigenvalue weighted by Gasteiger charge is -2.47. The van der Waals surface area contributed by atoms with Gasteiger partial charge < -0.3 is 24.4 Å². The molecule has 1 unspecified atom stereocenters. The second-order valence-electron chi connectivity index (χ2n) is 10.9. The van der Waals surface area contributed by atoms with Crippen LogP contribution in [0.25, 0.3) is 10.9 Å². The number of rotatable bonds is 7. The number of quaternary nitrogens is 1. The van der Waals surface area contributed by atoms with E-state index in [0.29, 0.717) is 12.0 Å². The maximum atomic E-state index is 12.9. The van der Waals surface area contributed by atoms with Crippen LogP contribution in [0.4, 0.5) is 4.79 Å². The van der Waals surface area contributed by atoms with E-state index in [1.54, 1.807) is 0 Å². The average Bonchev–Trinajstić information content (AvgIpc) is 3.18. The number of carbonyl (C=O) groups is 1. The highest BCUT2D eigenvalue weighted by Gasteiger charge is 2.42. The Labute approximate surface area is 209 Å². The van der Waals surface area contributed by atoms with Crippen molar-refractivity contribution in [2.45, 2.75) is 51.2 Å². The zero-order chi connectivity index (χ0) is 24.6. The number of ether oxygens (including phenoxy) is 1. The number of morpholine rings is 1. The van der Waals surface area contributed by atoms with Gasteiger partial charge in [0.05, 0.1) is 26.0 Å². The summed E-state index contributed by atoms with van der Waals surface area (Å²) in [6, 6.07) is 7.37. The molecular weight excluding hydrogens is 438 g/mol. The third kappa shape index (κ3) is 4.61. The van der Waals surface area contributed by atoms with Crippen molar-refractivity contribution in [1.29, 1.82) is 0 Å². The third-order valence-electron chi connectivity index (χ3n) is 8.62. The van der Waals surface area contributed by atoms with Crippen LogP contribution in [0, 0.1) is 0 Å². The van der Waals surface area contributed by atoms with E-state index >= 15 is 0 Å². The highest BCUT2D eigenvalue weighted by atomic mass is 16.5. The summed E-state index contributed by atoms with van der Waals surface area (Å²) in [7, 11) is 2.36. The van der Waals surface area contributed by atoms with Crippen LogP contribution < -0.4 is 5.32 Å². The van der Waals surface area contributed by atoms with E-state index in [4.69, 9.17) is 4.74 Å². The molecule has 0 radical (unpaired) electrons. The lowest BCUT2D eigenvalue weighted by Crippen LogP contribution is -2.57. The largest absolute Gasteiger partial charge is 0.370 e. The number of carbonyl (C=O) groups excluding carboxylic acids is 1. The van der Waals surface area contributed by atoms with Crippen LogP contribution in [0.3, 0.4) is 0 Å². The molecule has 1 aliphatic carbocycles. The summed E-state index contributed by atoms with van der Waals surface area (Å²) in [4.78, 5) is 21.1. The predicted molar refractivity (Wildman–Crippen MR) is 141 cm³/mol. The fraction of sp³-hybridized carbons (Fsp3) is 0.607. The molecule has 3 aliphatic rings. The number of fused-ring (bicyclic) bond motifs is 2. The van der Waals surface area contributed by atoms with Crippen molar-refractivity contribution in [2.24, 2.45) is 0 Å². The Morgan fingerprint density at radius 2 is 2.09 bits per heavy atom. The lowest BCUT2D eigenvalue weighted by atomic mass is 9.73. The number of piperidine rings is 1. The quantitative estimate of drug-likeness (QED) is 0.471. The van der Waals surface area contributed by atoms with Crippen LogP contribution in [0.1, 0.15) is 43.0 Å². The monoisotopic (exact) mass is 480 g/mol. The summed E-state index contributed by atoms with van der Waals surface area (Å²) in [6.07, 6.45) is 4.05. The molecule has 0 spiro atoms. The van der Waals surface area contributed by atoms with Gasteiger partial charge in [-0.25, -0.2) is 4.79 Å². The Morgan fingerprint density at radius 3 is 2.80 bits per heavy atom. The Bertz CT molecular complexity index is 1070. The zero-order valence-electron chi connectivity index (χ0n) is 21.7. The summed E-state index contributed by atoms with van der Waals surface area (Å²) in [6.45, 7) is 16.1. The number of hydrogen-bond acceptors (Lipinski definition) is 3. The molecule has 2 saturated heterocycles. The molecule has 2 aromatic rings. The SMILES string of the molecule is C=CCN1C[C@@H](NC(=O)N(CC)CC)CC2c3cccc4[nH]c(C[N+]5(C)CCOCC5)c(c34)C[C@H]21. The van der Waals surface area contributed by atoms with Crippen LogP contribution in [0.2, 0.25) is 0 Å². The van der Waals surface area contributed by atoms with Gasteiger partial charge in [-0.3, -0.25) is 4.90 Å². The summed E-state index contributed by atoms with van der Waals surface area (Å²) in [5, 5.41) is 4.78. The van der Waals surface area contributed by atoms with Crippen molar-refractivity contribution < 1.29 is 14.0 Å². The molecule has 7 nitrogen and oxygen atoms in total. The minimum Gasteiger partial charge on any atom is -0.370 e. The number of H-pyrrole nitrogens is 1. The molecule has 7 heteroatoms. The third-order valence-corrected chi connectivity index (χ3v) is 8.62. The van der Waals surface area contributed by atoms with E-state index in [9.17, 15) is 4.79 Å². The van der Waals surface area contributed by atoms with E-state index in [2.05, 4.69) is 47.0 Å². The van der Waals surface area contributed by atoms with Crippen LogP contribution in [-0.4, -0.2) is 96.9 Å². The Morgan fingerprint density at radius 1 is 1.31 bits per heavy atom. The Kier molecular flexibility index (Phi) is 6.93. The first kappa shape index (κ1) is 24.3. The van der Waals surface area contributed by atoms with Crippen molar-refractivity contribution in [3.63, 3.8) is 0 Å². The molecule has 1 aromatic heterocycles. The van der Waals surface area contributed by atoms with Gasteiger partial charge in [-0.15, -0.1) is 6.58 Å². The fourth-order valence-corrected chi connectivity index (χ4v) is 6.68. The second-order valence-corrected chi connectivity index (χ2v) is 10.9. The standard InChI is InChI=1S/C28H41N5O2/c1-5-11-32-18-20(29-28(34)31(6-2)7-3)16-22-21-9-8-10-24-27(21)23(17-26(22)32)25(30-24)19-33(4)12-14-35-15-13-33/h5,8-10,20,22,26,30H,1,6-7,11-19H2,2-4H3/p+1/t20-,22?,26+/m0/s1. The van der Waals surface area contributed by atoms with Gasteiger partial charge in [0.15, 0.2) is 0 Å². The van der Waals surface area contributed by atoms with Gasteiger partial charge in [0.25, 0.3) is 0 Å². The molecular formula is C28H42N5O2+. The number of nitrogens with one attached hydrogen (secondary N) is 2. The summed E-state index contributed by atoms with van der Waals surface area (Å²) in [5.41, 5.74) is 5.60. The Balaban J connectivity index is 1.47. The van der Waals surface area contributed by atoms with Crippen molar-refractivity contribution in [3.05, 3.63) is 47.7 Å². The van der Waals surface area contributed by atoms with Gasteiger partial charge in [0.2, 0.25) is 0 Å². The lowest BCUT2D eigenvalue weighted by molar-refractivity contribution is -0.929. The number of likely N-dealkylation sites (N-methyl/N-ethyl adjacent to an activating group) is 1. The van der Waals surface area contributed by atoms with Crippen molar-refractivity contribution in [2.75, 3.05) is 59.5 Å². The predicted octanol–water partition coefficient (Wildman–Crippen LogP) is 3.46. The maximum Gasteiger partial charge on any atom is 0.317 e. The highest BCUT2D eigenvalue weighted by molar-refractivity contribution is 5.89. The van der Waals surface area contributed by atoms with Gasteiger partial charge in [-0.2, -0.15) is 0 Å². The molecule has 35 heavy (non-hydrogen) atoms. The molecule has 0 saturated carbocycles. The number of urea groups is 1. The van der Waals surface area contributed by atoms with E-state index in [1.807, 2.05) is 24.8 Å². The fourth-order valence-electron chi connectivity index (χ4n) is 6.68. The first-order valence-corrected chi connectivity index (χ1v) is 13.4. The highest BCUT2D eigenvalue weighted by Crippen LogP contribution is 2.45. The zero-order valence-corrected chi connectivity index (χ0v) is 21.7. The van der Waals surface area contributed by atoms with E-state index < -0.39 is 0 Å². The average molecular weight is 481 g/mol. The number of amides is 2. The molecule has 2 N–H and O–H groups in total. The van der Waals surface area contributed by atoms with Crippen molar-refractivity contribution in [1.82, 2.24) is 20.1 Å². The van der Waals surface area contributed by atoms with Gasteiger partial charge in [-0.1, -0.05) is 18.2 Å². The molecule has 2 amide bonds. The van der Waals surface area contributed by atoms with Crippen molar-refractivity contribution in [3.8, 4) is 0 Å². The van der Waals surface area contributed by atoms with Gasteiger partial charge in [0.1, 0.15) is 19.6 Å². The van der Waals surface area contributed by atoms with Crippen LogP contribution in [0.15, 0.2) is 30.9 Å². The second kappa shape index (κ2) is 9.96. The molecule has 0 bridgehead atoms. The number of aromatic nitrogens is 1. The topological polar surface area (TPSA) is 60.6 Å². The van der Waals surface area contributed by atoms with Crippen LogP contribution >= 0.6 is 0 Å². The molecule has 2 fully saturated rings. The number of aromatic amines is 1. The van der Waals surface area contributed by atoms with E-state index in [1.165, 1.54) is 27.7 Å². The number of nitrogens with zero attached hydrogens (tertiary/aromatic N) is 3. The molecule has 190 valence electrons. The minimum absolute atomic E-state index is 0.0538. The van der Waals surface area contributed by atoms with Gasteiger partial charge >= 0.3 is 6.03 Å². The van der Waals surface area contributed by atoms with E-state index in [0.717, 1.165) is 76.4 Å². The van der Waals surface area contributed by atoms with Crippen LogP contribution in [0.5, 0.6) is 0 Å².